The van der Waals surface area contributed by atoms with Crippen molar-refractivity contribution in [1.82, 2.24) is 9.97 Å². The van der Waals surface area contributed by atoms with Gasteiger partial charge in [-0.2, -0.15) is 0 Å². The van der Waals surface area contributed by atoms with E-state index in [2.05, 4.69) is 46.4 Å². The fourth-order valence-corrected chi connectivity index (χ4v) is 4.31. The van der Waals surface area contributed by atoms with Gasteiger partial charge in [0.05, 0.1) is 25.4 Å². The Balaban J connectivity index is 1.33. The number of hydrogen-bond donors (Lipinski definition) is 0. The molecular weight excluding hydrogens is 344 g/mol. The summed E-state index contributed by atoms with van der Waals surface area (Å²) in [5, 5.41) is 2.18. The summed E-state index contributed by atoms with van der Waals surface area (Å²) >= 11 is 3.47. The molecule has 0 atom stereocenters. The Morgan fingerprint density at radius 2 is 1.40 bits per heavy atom. The maximum Gasteiger partial charge on any atom is 0.117 e. The van der Waals surface area contributed by atoms with Crippen LogP contribution >= 0.6 is 22.7 Å². The van der Waals surface area contributed by atoms with Crippen molar-refractivity contribution in [1.29, 1.82) is 0 Å². The zero-order valence-corrected chi connectivity index (χ0v) is 15.1. The highest BCUT2D eigenvalue weighted by Gasteiger charge is 2.00. The van der Waals surface area contributed by atoms with Crippen molar-refractivity contribution in [3.8, 4) is 0 Å². The summed E-state index contributed by atoms with van der Waals surface area (Å²) in [6.07, 6.45) is 13.2. The topological polar surface area (TPSA) is 25.8 Å². The first-order valence-electron chi connectivity index (χ1n) is 8.08. The third-order valence-corrected chi connectivity index (χ3v) is 5.71. The largest absolute Gasteiger partial charge is 0.241 e. The molecule has 4 rings (SSSR count). The summed E-state index contributed by atoms with van der Waals surface area (Å²) < 4.78 is 2.47. The van der Waals surface area contributed by atoms with Gasteiger partial charge in [0.2, 0.25) is 0 Å². The Labute approximate surface area is 154 Å². The fraction of sp³-hybridized carbons (Fsp3) is 0.0476. The molecule has 0 fully saturated rings. The summed E-state index contributed by atoms with van der Waals surface area (Å²) in [5.74, 6) is 0. The second-order valence-electron chi connectivity index (χ2n) is 5.47. The molecule has 2 heterocycles. The molecule has 4 heteroatoms. The number of rotatable bonds is 5. The maximum atomic E-state index is 4.63. The molecule has 2 aromatic carbocycles. The lowest BCUT2D eigenvalue weighted by Gasteiger charge is -1.84. The van der Waals surface area contributed by atoms with Crippen LogP contribution in [0.4, 0.5) is 0 Å². The van der Waals surface area contributed by atoms with E-state index in [1.807, 2.05) is 48.6 Å². The number of nitrogens with zero attached hydrogens (tertiary/aromatic N) is 2. The van der Waals surface area contributed by atoms with Crippen molar-refractivity contribution >= 4 is 49.2 Å². The van der Waals surface area contributed by atoms with E-state index in [9.17, 15) is 0 Å². The Kier molecular flexibility index (Phi) is 4.81. The molecule has 0 aliphatic carbocycles. The highest BCUT2D eigenvalue weighted by Crippen LogP contribution is 2.23. The highest BCUT2D eigenvalue weighted by atomic mass is 32.1. The molecule has 2 aromatic heterocycles. The van der Waals surface area contributed by atoms with Crippen molar-refractivity contribution in [2.75, 3.05) is 0 Å². The molecular formula is C21H16N2S2. The van der Waals surface area contributed by atoms with E-state index in [1.165, 1.54) is 9.40 Å². The molecule has 0 radical (unpaired) electrons. The molecule has 4 aromatic rings. The van der Waals surface area contributed by atoms with E-state index < -0.39 is 0 Å². The number of benzene rings is 2. The van der Waals surface area contributed by atoms with Gasteiger partial charge < -0.3 is 0 Å². The first kappa shape index (κ1) is 15.9. The van der Waals surface area contributed by atoms with Crippen LogP contribution in [0.15, 0.2) is 78.9 Å². The van der Waals surface area contributed by atoms with Crippen LogP contribution in [0.2, 0.25) is 0 Å². The van der Waals surface area contributed by atoms with Gasteiger partial charge in [0, 0.05) is 6.42 Å². The number of thiazole rings is 2. The number of para-hydroxylation sites is 2. The second-order valence-corrected chi connectivity index (χ2v) is 7.65. The lowest BCUT2D eigenvalue weighted by atomic mass is 10.3. The Morgan fingerprint density at radius 1 is 0.720 bits per heavy atom. The van der Waals surface area contributed by atoms with Crippen LogP contribution < -0.4 is 0 Å². The van der Waals surface area contributed by atoms with Crippen LogP contribution in [0.25, 0.3) is 26.5 Å². The van der Waals surface area contributed by atoms with Crippen LogP contribution in [0.1, 0.15) is 10.0 Å². The lowest BCUT2D eigenvalue weighted by Crippen LogP contribution is -1.76. The van der Waals surface area contributed by atoms with Gasteiger partial charge in [0.15, 0.2) is 0 Å². The van der Waals surface area contributed by atoms with Crippen LogP contribution in [0.3, 0.4) is 0 Å². The number of hydrogen-bond acceptors (Lipinski definition) is 4. The van der Waals surface area contributed by atoms with Gasteiger partial charge in [0.1, 0.15) is 5.01 Å². The van der Waals surface area contributed by atoms with Crippen molar-refractivity contribution in [3.63, 3.8) is 0 Å². The SMILES string of the molecule is C(=CC=Cc1nc2ccccc2s1)C=CCc1nc2ccccc2s1. The predicted octanol–water partition coefficient (Wildman–Crippen LogP) is 6.27. The Bertz CT molecular complexity index is 1020. The van der Waals surface area contributed by atoms with Gasteiger partial charge in [-0.25, -0.2) is 9.97 Å². The van der Waals surface area contributed by atoms with Crippen molar-refractivity contribution in [3.05, 3.63) is 88.9 Å². The average Bonchev–Trinajstić information content (AvgIpc) is 3.23. The van der Waals surface area contributed by atoms with Gasteiger partial charge in [-0.05, 0) is 30.3 Å². The third kappa shape index (κ3) is 3.92. The van der Waals surface area contributed by atoms with Gasteiger partial charge in [0.25, 0.3) is 0 Å². The minimum Gasteiger partial charge on any atom is -0.241 e. The average molecular weight is 361 g/mol. The molecule has 122 valence electrons. The number of aromatic nitrogens is 2. The first-order chi connectivity index (χ1) is 12.4. The number of allylic oxidation sites excluding steroid dienone is 5. The first-order valence-corrected chi connectivity index (χ1v) is 9.72. The molecule has 0 N–H and O–H groups in total. The van der Waals surface area contributed by atoms with Crippen molar-refractivity contribution < 1.29 is 0 Å². The molecule has 25 heavy (non-hydrogen) atoms. The molecule has 0 saturated carbocycles. The molecule has 0 unspecified atom stereocenters. The van der Waals surface area contributed by atoms with E-state index in [0.29, 0.717) is 0 Å². The van der Waals surface area contributed by atoms with Gasteiger partial charge >= 0.3 is 0 Å². The number of fused-ring (bicyclic) bond motifs is 2. The molecule has 0 saturated heterocycles. The smallest absolute Gasteiger partial charge is 0.117 e. The molecule has 0 amide bonds. The molecule has 0 bridgehead atoms. The van der Waals surface area contributed by atoms with Crippen LogP contribution in [-0.2, 0) is 6.42 Å². The van der Waals surface area contributed by atoms with Gasteiger partial charge in [-0.1, -0.05) is 54.6 Å². The van der Waals surface area contributed by atoms with E-state index in [4.69, 9.17) is 0 Å². The molecule has 0 spiro atoms. The zero-order valence-electron chi connectivity index (χ0n) is 13.5. The third-order valence-electron chi connectivity index (χ3n) is 3.65. The Hall–Kier alpha value is -2.56. The molecule has 0 aliphatic heterocycles. The minimum absolute atomic E-state index is 0.866. The van der Waals surface area contributed by atoms with E-state index in [0.717, 1.165) is 27.5 Å². The summed E-state index contributed by atoms with van der Waals surface area (Å²) in [6.45, 7) is 0. The predicted molar refractivity (Wildman–Crippen MR) is 110 cm³/mol. The standard InChI is InChI=1S/C21H16N2S2/c1(2-4-14-20-22-16-10-6-8-12-18(16)24-20)3-5-15-21-23-17-11-7-9-13-19(17)25-21/h1-14H,15H2. The monoisotopic (exact) mass is 360 g/mol. The Morgan fingerprint density at radius 3 is 2.16 bits per heavy atom. The van der Waals surface area contributed by atoms with Crippen molar-refractivity contribution in [2.45, 2.75) is 6.42 Å². The van der Waals surface area contributed by atoms with E-state index >= 15 is 0 Å². The van der Waals surface area contributed by atoms with Crippen molar-refractivity contribution in [2.24, 2.45) is 0 Å². The van der Waals surface area contributed by atoms with Gasteiger partial charge in [-0.15, -0.1) is 22.7 Å². The van der Waals surface area contributed by atoms with Crippen LogP contribution in [0.5, 0.6) is 0 Å². The summed E-state index contributed by atoms with van der Waals surface area (Å²) in [6, 6.07) is 16.5. The minimum atomic E-state index is 0.866. The molecule has 0 aliphatic rings. The quantitative estimate of drug-likeness (QED) is 0.392. The summed E-state index contributed by atoms with van der Waals surface area (Å²) in [7, 11) is 0. The van der Waals surface area contributed by atoms with Gasteiger partial charge in [-0.3, -0.25) is 0 Å². The highest BCUT2D eigenvalue weighted by molar-refractivity contribution is 7.19. The van der Waals surface area contributed by atoms with E-state index in [1.54, 1.807) is 22.7 Å². The second kappa shape index (κ2) is 7.55. The van der Waals surface area contributed by atoms with E-state index in [-0.39, 0.29) is 0 Å². The summed E-state index contributed by atoms with van der Waals surface area (Å²) in [5.41, 5.74) is 2.15. The zero-order chi connectivity index (χ0) is 16.9. The fourth-order valence-electron chi connectivity index (χ4n) is 2.48. The maximum absolute atomic E-state index is 4.63. The van der Waals surface area contributed by atoms with Crippen LogP contribution in [-0.4, -0.2) is 9.97 Å². The summed E-state index contributed by atoms with van der Waals surface area (Å²) in [4.78, 5) is 9.21. The normalized spacial score (nSPS) is 12.5. The van der Waals surface area contributed by atoms with Crippen LogP contribution in [0, 0.1) is 0 Å². The lowest BCUT2D eigenvalue weighted by molar-refractivity contribution is 1.21. The molecule has 2 nitrogen and oxygen atoms in total.